The molecule has 0 atom stereocenters. The molecule has 1 aliphatic heterocycles. The number of rotatable bonds is 1. The number of carbonyl (C=O) groups is 1. The fraction of sp³-hybridized carbons (Fsp3) is 0.444. The van der Waals surface area contributed by atoms with Crippen molar-refractivity contribution in [3.8, 4) is 6.07 Å². The molecule has 2 heterocycles. The summed E-state index contributed by atoms with van der Waals surface area (Å²) < 4.78 is 1.72. The Morgan fingerprint density at radius 3 is 3.00 bits per heavy atom. The molecule has 0 fully saturated rings. The van der Waals surface area contributed by atoms with Crippen LogP contribution in [0.4, 0.5) is 0 Å². The molecular weight excluding hydrogens is 182 g/mol. The van der Waals surface area contributed by atoms with Gasteiger partial charge in [-0.2, -0.15) is 5.26 Å². The second kappa shape index (κ2) is 3.14. The second-order valence-corrected chi connectivity index (χ2v) is 3.26. The molecule has 0 bridgehead atoms. The summed E-state index contributed by atoms with van der Waals surface area (Å²) in [6, 6.07) is 1.92. The van der Waals surface area contributed by atoms with Gasteiger partial charge in [-0.15, -0.1) is 0 Å². The molecule has 1 N–H and O–H groups in total. The third-order valence-corrected chi connectivity index (χ3v) is 2.42. The van der Waals surface area contributed by atoms with Crippen molar-refractivity contribution in [1.29, 1.82) is 5.26 Å². The molecule has 5 nitrogen and oxygen atoms in total. The fourth-order valence-corrected chi connectivity index (χ4v) is 1.80. The van der Waals surface area contributed by atoms with Gasteiger partial charge in [-0.05, 0) is 19.3 Å². The maximum absolute atomic E-state index is 10.8. The average Bonchev–Trinajstić information content (AvgIpc) is 2.56. The Kier molecular flexibility index (Phi) is 1.97. The Bertz CT molecular complexity index is 428. The van der Waals surface area contributed by atoms with Gasteiger partial charge in [-0.3, -0.25) is 0 Å². The van der Waals surface area contributed by atoms with Gasteiger partial charge >= 0.3 is 5.97 Å². The van der Waals surface area contributed by atoms with Gasteiger partial charge in [0.25, 0.3) is 0 Å². The molecule has 1 aromatic heterocycles. The zero-order valence-electron chi connectivity index (χ0n) is 7.53. The normalized spacial score (nSPS) is 14.5. The number of fused-ring (bicyclic) bond motifs is 1. The van der Waals surface area contributed by atoms with Gasteiger partial charge in [0.15, 0.2) is 5.69 Å². The van der Waals surface area contributed by atoms with E-state index in [1.54, 1.807) is 4.57 Å². The Morgan fingerprint density at radius 1 is 1.57 bits per heavy atom. The minimum absolute atomic E-state index is 0.0428. The molecule has 0 unspecified atom stereocenters. The summed E-state index contributed by atoms with van der Waals surface area (Å²) in [4.78, 5) is 14.6. The van der Waals surface area contributed by atoms with E-state index in [1.165, 1.54) is 0 Å². The topological polar surface area (TPSA) is 78.9 Å². The maximum Gasteiger partial charge on any atom is 0.356 e. The molecule has 72 valence electrons. The van der Waals surface area contributed by atoms with Crippen LogP contribution in [0.1, 0.15) is 34.8 Å². The lowest BCUT2D eigenvalue weighted by Crippen LogP contribution is -2.13. The van der Waals surface area contributed by atoms with Crippen LogP contribution in [0.2, 0.25) is 0 Å². The Morgan fingerprint density at radius 2 is 2.36 bits per heavy atom. The number of imidazole rings is 1. The quantitative estimate of drug-likeness (QED) is 0.711. The molecule has 0 saturated carbocycles. The first-order valence-corrected chi connectivity index (χ1v) is 4.47. The summed E-state index contributed by atoms with van der Waals surface area (Å²) in [6.45, 7) is 0.707. The molecule has 0 saturated heterocycles. The van der Waals surface area contributed by atoms with E-state index in [2.05, 4.69) is 4.98 Å². The van der Waals surface area contributed by atoms with E-state index in [-0.39, 0.29) is 11.5 Å². The van der Waals surface area contributed by atoms with Crippen LogP contribution < -0.4 is 0 Å². The lowest BCUT2D eigenvalue weighted by Gasteiger charge is -2.14. The Balaban J connectivity index is 2.59. The number of carboxylic acid groups (broad SMARTS) is 1. The zero-order valence-corrected chi connectivity index (χ0v) is 7.53. The van der Waals surface area contributed by atoms with Crippen LogP contribution in [0.15, 0.2) is 0 Å². The number of aromatic nitrogens is 2. The van der Waals surface area contributed by atoms with Gasteiger partial charge < -0.3 is 9.67 Å². The highest BCUT2D eigenvalue weighted by molar-refractivity contribution is 5.87. The van der Waals surface area contributed by atoms with Gasteiger partial charge in [0.1, 0.15) is 6.07 Å². The molecule has 14 heavy (non-hydrogen) atoms. The predicted octanol–water partition coefficient (Wildman–Crippen LogP) is 0.789. The van der Waals surface area contributed by atoms with Crippen LogP contribution >= 0.6 is 0 Å². The molecule has 5 heteroatoms. The zero-order chi connectivity index (χ0) is 10.1. The van der Waals surface area contributed by atoms with E-state index >= 15 is 0 Å². The highest BCUT2D eigenvalue weighted by atomic mass is 16.4. The van der Waals surface area contributed by atoms with Crippen molar-refractivity contribution < 1.29 is 9.90 Å². The van der Waals surface area contributed by atoms with Crippen LogP contribution in [-0.2, 0) is 13.0 Å². The van der Waals surface area contributed by atoms with Crippen LogP contribution in [-0.4, -0.2) is 20.6 Å². The monoisotopic (exact) mass is 191 g/mol. The lowest BCUT2D eigenvalue weighted by molar-refractivity contribution is 0.0689. The molecule has 1 aliphatic rings. The molecule has 0 spiro atoms. The summed E-state index contributed by atoms with van der Waals surface area (Å²) in [5.41, 5.74) is 0.738. The number of aromatic carboxylic acids is 1. The molecule has 0 aromatic carbocycles. The van der Waals surface area contributed by atoms with Crippen LogP contribution in [0.3, 0.4) is 0 Å². The number of hydrogen-bond donors (Lipinski definition) is 1. The van der Waals surface area contributed by atoms with Crippen molar-refractivity contribution >= 4 is 5.97 Å². The minimum Gasteiger partial charge on any atom is -0.476 e. The van der Waals surface area contributed by atoms with Crippen LogP contribution in [0, 0.1) is 11.3 Å². The number of carboxylic acids is 1. The maximum atomic E-state index is 10.8. The van der Waals surface area contributed by atoms with Crippen molar-refractivity contribution in [3.05, 3.63) is 17.2 Å². The van der Waals surface area contributed by atoms with E-state index in [0.29, 0.717) is 18.7 Å². The number of nitrogens with zero attached hydrogens (tertiary/aromatic N) is 3. The summed E-state index contributed by atoms with van der Waals surface area (Å²) in [6.07, 6.45) is 2.66. The second-order valence-electron chi connectivity index (χ2n) is 3.26. The Labute approximate surface area is 80.6 Å². The van der Waals surface area contributed by atoms with Gasteiger partial charge in [0.2, 0.25) is 5.82 Å². The van der Waals surface area contributed by atoms with E-state index < -0.39 is 5.97 Å². The standard InChI is InChI=1S/C9H9N3O2/c10-5-7-11-8(9(13)14)6-3-1-2-4-12(6)7/h1-4H2,(H,13,14). The third kappa shape index (κ3) is 1.16. The number of hydrogen-bond acceptors (Lipinski definition) is 3. The smallest absolute Gasteiger partial charge is 0.356 e. The molecule has 1 aromatic rings. The molecule has 0 radical (unpaired) electrons. The van der Waals surface area contributed by atoms with Crippen molar-refractivity contribution in [2.45, 2.75) is 25.8 Å². The highest BCUT2D eigenvalue weighted by Crippen LogP contribution is 2.20. The van der Waals surface area contributed by atoms with Crippen molar-refractivity contribution in [1.82, 2.24) is 9.55 Å². The van der Waals surface area contributed by atoms with E-state index in [1.807, 2.05) is 6.07 Å². The SMILES string of the molecule is N#Cc1nc(C(=O)O)c2n1CCCC2. The molecule has 0 aliphatic carbocycles. The van der Waals surface area contributed by atoms with Crippen molar-refractivity contribution in [2.75, 3.05) is 0 Å². The van der Waals surface area contributed by atoms with Crippen LogP contribution in [0.5, 0.6) is 0 Å². The summed E-state index contributed by atoms with van der Waals surface area (Å²) in [5.74, 6) is -0.825. The molecular formula is C9H9N3O2. The van der Waals surface area contributed by atoms with E-state index in [0.717, 1.165) is 12.8 Å². The highest BCUT2D eigenvalue weighted by Gasteiger charge is 2.23. The predicted molar refractivity (Wildman–Crippen MR) is 46.8 cm³/mol. The third-order valence-electron chi connectivity index (χ3n) is 2.42. The molecule has 2 rings (SSSR count). The first-order valence-electron chi connectivity index (χ1n) is 4.47. The van der Waals surface area contributed by atoms with E-state index in [9.17, 15) is 4.79 Å². The van der Waals surface area contributed by atoms with Gasteiger partial charge in [-0.25, -0.2) is 9.78 Å². The number of nitriles is 1. The molecule has 0 amide bonds. The summed E-state index contributed by atoms with van der Waals surface area (Å²) in [5, 5.41) is 17.6. The minimum atomic E-state index is -1.04. The first kappa shape index (κ1) is 8.75. The Hall–Kier alpha value is -1.83. The largest absolute Gasteiger partial charge is 0.476 e. The van der Waals surface area contributed by atoms with Gasteiger partial charge in [0, 0.05) is 6.54 Å². The van der Waals surface area contributed by atoms with Gasteiger partial charge in [0.05, 0.1) is 5.69 Å². The summed E-state index contributed by atoms with van der Waals surface area (Å²) in [7, 11) is 0. The van der Waals surface area contributed by atoms with Crippen molar-refractivity contribution in [3.63, 3.8) is 0 Å². The first-order chi connectivity index (χ1) is 6.74. The lowest BCUT2D eigenvalue weighted by atomic mass is 10.1. The fourth-order valence-electron chi connectivity index (χ4n) is 1.80. The van der Waals surface area contributed by atoms with E-state index in [4.69, 9.17) is 10.4 Å². The van der Waals surface area contributed by atoms with Crippen molar-refractivity contribution in [2.24, 2.45) is 0 Å². The van der Waals surface area contributed by atoms with Gasteiger partial charge in [-0.1, -0.05) is 0 Å². The average molecular weight is 191 g/mol. The summed E-state index contributed by atoms with van der Waals surface area (Å²) >= 11 is 0. The van der Waals surface area contributed by atoms with Crippen LogP contribution in [0.25, 0.3) is 0 Å².